The normalized spacial score (nSPS) is 12.9. The van der Waals surface area contributed by atoms with Crippen molar-refractivity contribution in [2.75, 3.05) is 53.5 Å². The lowest BCUT2D eigenvalue weighted by atomic mass is 10.2. The highest BCUT2D eigenvalue weighted by Gasteiger charge is 2.12. The molecule has 5 N–H and O–H groups in total. The van der Waals surface area contributed by atoms with E-state index in [4.69, 9.17) is 35.2 Å². The number of aliphatic imine (C=N–C) groups is 2. The Morgan fingerprint density at radius 3 is 2.59 bits per heavy atom. The highest BCUT2D eigenvalue weighted by molar-refractivity contribution is 5.93. The van der Waals surface area contributed by atoms with Crippen molar-refractivity contribution < 1.29 is 23.7 Å². The zero-order valence-electron chi connectivity index (χ0n) is 15.5. The van der Waals surface area contributed by atoms with E-state index in [2.05, 4.69) is 15.3 Å². The van der Waals surface area contributed by atoms with Gasteiger partial charge in [-0.15, -0.1) is 0 Å². The van der Waals surface area contributed by atoms with Crippen molar-refractivity contribution in [1.82, 2.24) is 5.32 Å². The average Bonchev–Trinajstić information content (AvgIpc) is 3.12. The van der Waals surface area contributed by atoms with Crippen LogP contribution in [-0.2, 0) is 20.8 Å². The SMILES string of the molecule is COCCOCCOCCNC(N=C(N)N)=NCc1ccc2c(c1)OCO2. The standard InChI is InChI=1S/C17H27N5O5/c1-23-6-7-25-9-8-24-5-4-20-17(22-16(18)19)21-11-13-2-3-14-15(10-13)27-12-26-14/h2-3,10H,4-9,11-12H2,1H3,(H5,18,19,20,21,22). The fourth-order valence-electron chi connectivity index (χ4n) is 2.16. The molecule has 0 fully saturated rings. The Labute approximate surface area is 158 Å². The third kappa shape index (κ3) is 8.11. The summed E-state index contributed by atoms with van der Waals surface area (Å²) in [6, 6.07) is 5.64. The number of hydrogen-bond donors (Lipinski definition) is 3. The Balaban J connectivity index is 1.72. The molecule has 0 aliphatic carbocycles. The number of hydrogen-bond acceptors (Lipinski definition) is 6. The van der Waals surface area contributed by atoms with Gasteiger partial charge < -0.3 is 40.5 Å². The zero-order chi connectivity index (χ0) is 19.3. The van der Waals surface area contributed by atoms with Gasteiger partial charge in [-0.1, -0.05) is 6.07 Å². The maximum absolute atomic E-state index is 5.46. The Kier molecular flexibility index (Phi) is 9.18. The van der Waals surface area contributed by atoms with Crippen LogP contribution in [0.4, 0.5) is 0 Å². The maximum Gasteiger partial charge on any atom is 0.231 e. The minimum Gasteiger partial charge on any atom is -0.454 e. The molecule has 1 aromatic carbocycles. The van der Waals surface area contributed by atoms with Crippen LogP contribution in [0, 0.1) is 0 Å². The fraction of sp³-hybridized carbons (Fsp3) is 0.529. The second-order valence-electron chi connectivity index (χ2n) is 5.51. The summed E-state index contributed by atoms with van der Waals surface area (Å²) in [7, 11) is 1.63. The number of methoxy groups -OCH3 is 1. The third-order valence-corrected chi connectivity index (χ3v) is 3.42. The molecule has 0 bridgehead atoms. The molecule has 0 amide bonds. The maximum atomic E-state index is 5.46. The monoisotopic (exact) mass is 381 g/mol. The van der Waals surface area contributed by atoms with Crippen LogP contribution < -0.4 is 26.3 Å². The Morgan fingerprint density at radius 2 is 1.81 bits per heavy atom. The van der Waals surface area contributed by atoms with Gasteiger partial charge in [-0.05, 0) is 17.7 Å². The van der Waals surface area contributed by atoms with Gasteiger partial charge in [0.2, 0.25) is 12.8 Å². The molecule has 0 spiro atoms. The van der Waals surface area contributed by atoms with Gasteiger partial charge in [0.25, 0.3) is 0 Å². The molecule has 2 rings (SSSR count). The minimum absolute atomic E-state index is 0.0700. The van der Waals surface area contributed by atoms with Gasteiger partial charge in [-0.2, -0.15) is 4.99 Å². The Bertz CT molecular complexity index is 634. The summed E-state index contributed by atoms with van der Waals surface area (Å²) in [5.74, 6) is 1.71. The summed E-state index contributed by atoms with van der Waals surface area (Å²) in [4.78, 5) is 8.39. The van der Waals surface area contributed by atoms with Crippen molar-refractivity contribution >= 4 is 11.9 Å². The molecule has 0 saturated carbocycles. The lowest BCUT2D eigenvalue weighted by Gasteiger charge is -2.08. The van der Waals surface area contributed by atoms with Crippen LogP contribution in [-0.4, -0.2) is 65.4 Å². The Morgan fingerprint density at radius 1 is 1.07 bits per heavy atom. The first kappa shape index (κ1) is 20.7. The molecule has 1 aromatic rings. The van der Waals surface area contributed by atoms with Gasteiger partial charge in [-0.3, -0.25) is 0 Å². The van der Waals surface area contributed by atoms with E-state index in [-0.39, 0.29) is 12.8 Å². The largest absolute Gasteiger partial charge is 0.454 e. The molecule has 10 heteroatoms. The van der Waals surface area contributed by atoms with Crippen LogP contribution in [0.5, 0.6) is 11.5 Å². The summed E-state index contributed by atoms with van der Waals surface area (Å²) >= 11 is 0. The second kappa shape index (κ2) is 11.9. The van der Waals surface area contributed by atoms with Crippen molar-refractivity contribution in [2.24, 2.45) is 21.5 Å². The van der Waals surface area contributed by atoms with E-state index < -0.39 is 0 Å². The molecular weight excluding hydrogens is 354 g/mol. The molecule has 0 unspecified atom stereocenters. The highest BCUT2D eigenvalue weighted by atomic mass is 16.7. The molecule has 0 saturated heterocycles. The predicted molar refractivity (Wildman–Crippen MR) is 101 cm³/mol. The summed E-state index contributed by atoms with van der Waals surface area (Å²) in [5, 5.41) is 3.05. The van der Waals surface area contributed by atoms with Crippen molar-refractivity contribution in [3.8, 4) is 11.5 Å². The first-order valence-corrected chi connectivity index (χ1v) is 8.60. The van der Waals surface area contributed by atoms with Crippen LogP contribution in [0.25, 0.3) is 0 Å². The van der Waals surface area contributed by atoms with E-state index in [1.807, 2.05) is 18.2 Å². The van der Waals surface area contributed by atoms with Crippen molar-refractivity contribution in [3.63, 3.8) is 0 Å². The lowest BCUT2D eigenvalue weighted by Crippen LogP contribution is -2.31. The van der Waals surface area contributed by atoms with Gasteiger partial charge in [-0.25, -0.2) is 4.99 Å². The number of fused-ring (bicyclic) bond motifs is 1. The van der Waals surface area contributed by atoms with Crippen molar-refractivity contribution in [3.05, 3.63) is 23.8 Å². The van der Waals surface area contributed by atoms with E-state index in [1.165, 1.54) is 0 Å². The molecule has 27 heavy (non-hydrogen) atoms. The van der Waals surface area contributed by atoms with Gasteiger partial charge >= 0.3 is 0 Å². The molecule has 1 aliphatic rings. The zero-order valence-corrected chi connectivity index (χ0v) is 15.5. The highest BCUT2D eigenvalue weighted by Crippen LogP contribution is 2.32. The summed E-state index contributed by atoms with van der Waals surface area (Å²) in [6.45, 7) is 3.75. The first-order valence-electron chi connectivity index (χ1n) is 8.60. The molecule has 1 aliphatic heterocycles. The van der Waals surface area contributed by atoms with Gasteiger partial charge in [0.15, 0.2) is 17.5 Å². The number of benzene rings is 1. The average molecular weight is 381 g/mol. The van der Waals surface area contributed by atoms with Gasteiger partial charge in [0.05, 0.1) is 39.6 Å². The number of ether oxygens (including phenoxy) is 5. The molecule has 150 valence electrons. The molecule has 1 heterocycles. The fourth-order valence-corrected chi connectivity index (χ4v) is 2.16. The molecule has 0 atom stereocenters. The summed E-state index contributed by atoms with van der Waals surface area (Å²) < 4.78 is 26.3. The molecule has 10 nitrogen and oxygen atoms in total. The Hall–Kier alpha value is -2.56. The van der Waals surface area contributed by atoms with Crippen LogP contribution in [0.2, 0.25) is 0 Å². The summed E-state index contributed by atoms with van der Waals surface area (Å²) in [6.07, 6.45) is 0. The van der Waals surface area contributed by atoms with Crippen LogP contribution in [0.1, 0.15) is 5.56 Å². The topological polar surface area (TPSA) is 135 Å². The van der Waals surface area contributed by atoms with Crippen LogP contribution in [0.15, 0.2) is 28.2 Å². The number of rotatable bonds is 11. The third-order valence-electron chi connectivity index (χ3n) is 3.42. The van der Waals surface area contributed by atoms with E-state index in [9.17, 15) is 0 Å². The van der Waals surface area contributed by atoms with Gasteiger partial charge in [0, 0.05) is 13.7 Å². The number of nitrogens with two attached hydrogens (primary N) is 2. The first-order chi connectivity index (χ1) is 13.2. The number of nitrogens with zero attached hydrogens (tertiary/aromatic N) is 2. The lowest BCUT2D eigenvalue weighted by molar-refractivity contribution is 0.0261. The van der Waals surface area contributed by atoms with Crippen molar-refractivity contribution in [1.29, 1.82) is 0 Å². The molecule has 0 radical (unpaired) electrons. The molecule has 0 aromatic heterocycles. The minimum atomic E-state index is -0.0700. The second-order valence-corrected chi connectivity index (χ2v) is 5.51. The predicted octanol–water partition coefficient (Wildman–Crippen LogP) is -0.186. The van der Waals surface area contributed by atoms with Gasteiger partial charge in [0.1, 0.15) is 0 Å². The van der Waals surface area contributed by atoms with E-state index >= 15 is 0 Å². The number of guanidine groups is 2. The quantitative estimate of drug-likeness (QED) is 0.273. The smallest absolute Gasteiger partial charge is 0.231 e. The summed E-state index contributed by atoms with van der Waals surface area (Å²) in [5.41, 5.74) is 11.9. The molecular formula is C17H27N5O5. The van der Waals surface area contributed by atoms with E-state index in [1.54, 1.807) is 7.11 Å². The number of nitrogens with one attached hydrogen (secondary N) is 1. The van der Waals surface area contributed by atoms with Crippen molar-refractivity contribution in [2.45, 2.75) is 6.54 Å². The van der Waals surface area contributed by atoms with E-state index in [0.29, 0.717) is 57.8 Å². The van der Waals surface area contributed by atoms with Crippen LogP contribution >= 0.6 is 0 Å². The van der Waals surface area contributed by atoms with Crippen LogP contribution in [0.3, 0.4) is 0 Å². The van der Waals surface area contributed by atoms with E-state index in [0.717, 1.165) is 11.3 Å².